The minimum Gasteiger partial charge on any atom is -1.00 e. The minimum atomic E-state index is -4.40. The molecule has 0 fully saturated rings. The van der Waals surface area contributed by atoms with Crippen LogP contribution in [-0.4, -0.2) is 0 Å². The molecule has 0 aromatic heterocycles. The van der Waals surface area contributed by atoms with Crippen molar-refractivity contribution in [2.75, 3.05) is 0 Å². The molecule has 0 aliphatic rings. The monoisotopic (exact) mass is 816 g/mol. The van der Waals surface area contributed by atoms with E-state index >= 15 is 0 Å². The van der Waals surface area contributed by atoms with Crippen LogP contribution in [0.25, 0.3) is 43.8 Å². The van der Waals surface area contributed by atoms with Crippen LogP contribution in [0.3, 0.4) is 0 Å². The Kier molecular flexibility index (Phi) is 14.8. The molecule has 6 rings (SSSR count). The van der Waals surface area contributed by atoms with Crippen molar-refractivity contribution in [2.24, 2.45) is 0 Å². The van der Waals surface area contributed by atoms with Crippen molar-refractivity contribution in [1.29, 1.82) is 0 Å². The first-order valence-corrected chi connectivity index (χ1v) is 16.7. The Morgan fingerprint density at radius 1 is 0.490 bits per heavy atom. The molecule has 0 unspecified atom stereocenters. The molecule has 0 spiro atoms. The van der Waals surface area contributed by atoms with Gasteiger partial charge in [0.15, 0.2) is 0 Å². The van der Waals surface area contributed by atoms with Crippen molar-refractivity contribution in [2.45, 2.75) is 77.6 Å². The van der Waals surface area contributed by atoms with Crippen LogP contribution in [0.4, 0.5) is 26.3 Å². The van der Waals surface area contributed by atoms with Gasteiger partial charge in [-0.05, 0) is 48.2 Å². The molecular weight excluding hydrogens is 781 g/mol. The second-order valence-electron chi connectivity index (χ2n) is 12.7. The Hall–Kier alpha value is -2.86. The van der Waals surface area contributed by atoms with Gasteiger partial charge in [0.2, 0.25) is 0 Å². The van der Waals surface area contributed by atoms with Gasteiger partial charge in [-0.3, -0.25) is 0 Å². The van der Waals surface area contributed by atoms with Gasteiger partial charge in [0.05, 0.1) is 11.1 Å². The number of aryl methyl sites for hydroxylation is 4. The van der Waals surface area contributed by atoms with E-state index in [-0.39, 0.29) is 51.0 Å². The summed E-state index contributed by atoms with van der Waals surface area (Å²) in [5.41, 5.74) is 6.95. The fourth-order valence-electron chi connectivity index (χ4n) is 7.09. The normalized spacial score (nSPS) is 11.7. The van der Waals surface area contributed by atoms with Gasteiger partial charge in [0, 0.05) is 0 Å². The van der Waals surface area contributed by atoms with Gasteiger partial charge < -0.3 is 24.8 Å². The summed E-state index contributed by atoms with van der Waals surface area (Å²) in [5, 5.41) is 4.32. The van der Waals surface area contributed by atoms with Gasteiger partial charge >= 0.3 is 38.6 Å². The van der Waals surface area contributed by atoms with Crippen molar-refractivity contribution < 1.29 is 77.4 Å². The van der Waals surface area contributed by atoms with Gasteiger partial charge in [-0.25, -0.2) is 0 Å². The molecule has 0 saturated carbocycles. The van der Waals surface area contributed by atoms with Crippen molar-refractivity contribution in [3.63, 3.8) is 0 Å². The van der Waals surface area contributed by atoms with E-state index in [1.165, 1.54) is 22.3 Å². The first-order chi connectivity index (χ1) is 23.0. The molecule has 51 heavy (non-hydrogen) atoms. The molecule has 0 N–H and O–H groups in total. The molecule has 0 atom stereocenters. The van der Waals surface area contributed by atoms with E-state index in [0.717, 1.165) is 119 Å². The second-order valence-corrected chi connectivity index (χ2v) is 12.7. The zero-order chi connectivity index (χ0) is 34.1. The number of hydrogen-bond acceptors (Lipinski definition) is 0. The van der Waals surface area contributed by atoms with Crippen molar-refractivity contribution in [3.8, 4) is 22.3 Å². The average molecular weight is 819 g/mol. The van der Waals surface area contributed by atoms with Gasteiger partial charge in [-0.2, -0.15) is 37.5 Å². The number of hydrogen-bond donors (Lipinski definition) is 0. The van der Waals surface area contributed by atoms with Crippen LogP contribution < -0.4 is 24.8 Å². The molecule has 0 heterocycles. The summed E-state index contributed by atoms with van der Waals surface area (Å²) in [4.78, 5) is 0. The van der Waals surface area contributed by atoms with Crippen LogP contribution in [0.5, 0.6) is 0 Å². The van der Waals surface area contributed by atoms with Crippen LogP contribution in [0.15, 0.2) is 97.1 Å². The van der Waals surface area contributed by atoms with Crippen molar-refractivity contribution >= 4 is 21.5 Å². The minimum absolute atomic E-state index is 0. The van der Waals surface area contributed by atoms with E-state index in [2.05, 4.69) is 38.1 Å². The fraction of sp³-hybridized carbons (Fsp3) is 0.286. The summed E-state index contributed by atoms with van der Waals surface area (Å²) >= 11 is 0. The van der Waals surface area contributed by atoms with Crippen LogP contribution in [0, 0.1) is 0 Å². The van der Waals surface area contributed by atoms with Crippen LogP contribution in [0.2, 0.25) is 0 Å². The van der Waals surface area contributed by atoms with Crippen LogP contribution in [0.1, 0.15) is 72.9 Å². The Morgan fingerprint density at radius 3 is 1.16 bits per heavy atom. The van der Waals surface area contributed by atoms with Gasteiger partial charge in [-0.15, -0.1) is 69.1 Å². The molecule has 266 valence electrons. The Labute approximate surface area is 327 Å². The third-order valence-electron chi connectivity index (χ3n) is 9.50. The maximum Gasteiger partial charge on any atom is 4.00 e. The average Bonchev–Trinajstić information content (AvgIpc) is 3.61. The summed E-state index contributed by atoms with van der Waals surface area (Å²) in [5.74, 6) is 0. The number of unbranched alkanes of at least 4 members (excludes halogenated alkanes) is 2. The maximum absolute atomic E-state index is 13.4. The smallest absolute Gasteiger partial charge is 1.00 e. The molecular formula is C42H38Cl2F6Zr. The molecule has 9 heteroatoms. The first-order valence-electron chi connectivity index (χ1n) is 16.7. The second kappa shape index (κ2) is 17.8. The molecule has 0 saturated heterocycles. The quantitative estimate of drug-likeness (QED) is 0.0954. The summed E-state index contributed by atoms with van der Waals surface area (Å²) < 4.78 is 80.2. The molecule has 0 bridgehead atoms. The summed E-state index contributed by atoms with van der Waals surface area (Å²) in [6.45, 7) is 4.32. The van der Waals surface area contributed by atoms with Crippen molar-refractivity contribution in [3.05, 3.63) is 130 Å². The Morgan fingerprint density at radius 2 is 0.843 bits per heavy atom. The zero-order valence-electron chi connectivity index (χ0n) is 28.4. The molecule has 0 aliphatic heterocycles. The first kappa shape index (κ1) is 42.6. The Balaban J connectivity index is 0.00000234. The number of fused-ring (bicyclic) bond motifs is 2. The van der Waals surface area contributed by atoms with E-state index in [1.807, 2.05) is 24.3 Å². The third kappa shape index (κ3) is 9.21. The molecule has 0 aliphatic carbocycles. The Bertz CT molecular complexity index is 1870. The fourth-order valence-corrected chi connectivity index (χ4v) is 7.09. The van der Waals surface area contributed by atoms with E-state index in [4.69, 9.17) is 0 Å². The van der Waals surface area contributed by atoms with E-state index in [9.17, 15) is 26.3 Å². The van der Waals surface area contributed by atoms with E-state index in [0.29, 0.717) is 0 Å². The molecule has 6 aromatic carbocycles. The number of alkyl halides is 6. The van der Waals surface area contributed by atoms with Gasteiger partial charge in [0.25, 0.3) is 0 Å². The summed E-state index contributed by atoms with van der Waals surface area (Å²) in [6, 6.07) is 27.4. The maximum atomic E-state index is 13.4. The van der Waals surface area contributed by atoms with Crippen LogP contribution >= 0.6 is 0 Å². The molecule has 0 radical (unpaired) electrons. The largest absolute Gasteiger partial charge is 4.00 e. The zero-order valence-corrected chi connectivity index (χ0v) is 32.4. The van der Waals surface area contributed by atoms with Gasteiger partial charge in [0.1, 0.15) is 0 Å². The summed E-state index contributed by atoms with van der Waals surface area (Å²) in [7, 11) is 0. The van der Waals surface area contributed by atoms with E-state index < -0.39 is 23.5 Å². The van der Waals surface area contributed by atoms with E-state index in [1.54, 1.807) is 24.3 Å². The SMILES string of the molecule is CCCCc1[cH-]c2cccc(-c3ccc(C(F)(F)F)cc3)c2c1CCc1c(CCCC)[cH-]c2cccc(-c3ccc(C(F)(F)F)cc3)c12.[Cl-].[Cl-].[Zr+4]. The van der Waals surface area contributed by atoms with Crippen molar-refractivity contribution in [1.82, 2.24) is 0 Å². The molecule has 6 aromatic rings. The predicted molar refractivity (Wildman–Crippen MR) is 185 cm³/mol. The molecule has 0 nitrogen and oxygen atoms in total. The standard InChI is InChI=1S/C42H38F6.2ClH.Zr/c1-3-5-9-29-25-31-11-7-13-35(27-15-19-33(20-16-27)41(43,44)45)39(31)37(29)23-24-38-30(10-6-4-2)26-32-12-8-14-36(40(32)38)28-17-21-34(22-18-28)42(46,47)48;;;/h7-8,11-22,25-26H,3-6,9-10,23-24H2,1-2H3;2*1H;/q-2;;;+4/p-2. The number of benzene rings is 4. The van der Waals surface area contributed by atoms with Crippen LogP contribution in [-0.2, 0) is 64.2 Å². The number of rotatable bonds is 11. The predicted octanol–water partition coefficient (Wildman–Crippen LogP) is 7.28. The topological polar surface area (TPSA) is 0 Å². The van der Waals surface area contributed by atoms with Gasteiger partial charge in [-0.1, -0.05) is 99.9 Å². The number of halogens is 8. The molecule has 0 amide bonds. The summed E-state index contributed by atoms with van der Waals surface area (Å²) in [6.07, 6.45) is -1.38. The third-order valence-corrected chi connectivity index (χ3v) is 9.50.